The van der Waals surface area contributed by atoms with Crippen molar-refractivity contribution < 1.29 is 22.7 Å². The van der Waals surface area contributed by atoms with Gasteiger partial charge in [0.25, 0.3) is 0 Å². The minimum Gasteiger partial charge on any atom is -0.462 e. The minimum absolute atomic E-state index is 0.00818. The van der Waals surface area contributed by atoms with Crippen LogP contribution in [0.4, 0.5) is 13.2 Å². The van der Waals surface area contributed by atoms with Gasteiger partial charge in [0.05, 0.1) is 18.5 Å². The zero-order chi connectivity index (χ0) is 15.6. The zero-order valence-electron chi connectivity index (χ0n) is 11.4. The number of esters is 1. The van der Waals surface area contributed by atoms with E-state index < -0.39 is 23.4 Å². The predicted molar refractivity (Wildman–Crippen MR) is 69.3 cm³/mol. The van der Waals surface area contributed by atoms with Gasteiger partial charge < -0.3 is 4.74 Å². The summed E-state index contributed by atoms with van der Waals surface area (Å²) in [6, 6.07) is 6.42. The first kappa shape index (κ1) is 15.1. The third-order valence-corrected chi connectivity index (χ3v) is 2.78. The lowest BCUT2D eigenvalue weighted by atomic mass is 10.2. The number of rotatable bonds is 3. The van der Waals surface area contributed by atoms with E-state index in [2.05, 4.69) is 9.84 Å². The van der Waals surface area contributed by atoms with Gasteiger partial charge in [-0.05, 0) is 31.5 Å². The fraction of sp³-hybridized carbons (Fsp3) is 0.286. The third kappa shape index (κ3) is 3.07. The van der Waals surface area contributed by atoms with E-state index in [-0.39, 0.29) is 12.3 Å². The maximum absolute atomic E-state index is 13.3. The standard InChI is InChI=1S/C14H13F3N2O2/c1-3-21-13(20)11-8-18-19(12(11)14(15,16)17)10-6-4-5-9(2)7-10/h4-8H,3H2,1-2H3. The highest BCUT2D eigenvalue weighted by Gasteiger charge is 2.41. The van der Waals surface area contributed by atoms with Crippen molar-refractivity contribution in [2.24, 2.45) is 0 Å². The van der Waals surface area contributed by atoms with Crippen molar-refractivity contribution in [3.63, 3.8) is 0 Å². The SMILES string of the molecule is CCOC(=O)c1cnn(-c2cccc(C)c2)c1C(F)(F)F. The van der Waals surface area contributed by atoms with E-state index in [9.17, 15) is 18.0 Å². The fourth-order valence-electron chi connectivity index (χ4n) is 1.93. The smallest absolute Gasteiger partial charge is 0.434 e. The molecule has 0 N–H and O–H groups in total. The first-order chi connectivity index (χ1) is 9.84. The number of aromatic nitrogens is 2. The molecule has 0 bridgehead atoms. The molecule has 1 heterocycles. The number of alkyl halides is 3. The average Bonchev–Trinajstić information content (AvgIpc) is 2.83. The molecule has 7 heteroatoms. The van der Waals surface area contributed by atoms with Crippen molar-refractivity contribution >= 4 is 5.97 Å². The highest BCUT2D eigenvalue weighted by molar-refractivity contribution is 5.90. The molecule has 0 saturated heterocycles. The maximum Gasteiger partial charge on any atom is 0.434 e. The molecule has 0 fully saturated rings. The van der Waals surface area contributed by atoms with E-state index in [0.717, 1.165) is 11.8 Å². The van der Waals surface area contributed by atoms with E-state index in [1.165, 1.54) is 13.0 Å². The molecule has 112 valence electrons. The summed E-state index contributed by atoms with van der Waals surface area (Å²) in [4.78, 5) is 11.6. The largest absolute Gasteiger partial charge is 0.462 e. The molecular formula is C14H13F3N2O2. The zero-order valence-corrected chi connectivity index (χ0v) is 11.4. The molecule has 0 aliphatic rings. The minimum atomic E-state index is -4.72. The van der Waals surface area contributed by atoms with Crippen LogP contribution in [0.5, 0.6) is 0 Å². The van der Waals surface area contributed by atoms with Crippen molar-refractivity contribution in [3.8, 4) is 5.69 Å². The van der Waals surface area contributed by atoms with Gasteiger partial charge in [0, 0.05) is 0 Å². The van der Waals surface area contributed by atoms with Gasteiger partial charge in [-0.2, -0.15) is 18.3 Å². The predicted octanol–water partition coefficient (Wildman–Crippen LogP) is 3.38. The normalized spacial score (nSPS) is 11.5. The molecule has 0 atom stereocenters. The highest BCUT2D eigenvalue weighted by Crippen LogP contribution is 2.34. The summed E-state index contributed by atoms with van der Waals surface area (Å²) >= 11 is 0. The number of benzene rings is 1. The van der Waals surface area contributed by atoms with Crippen LogP contribution in [0.1, 0.15) is 28.5 Å². The molecule has 1 aromatic heterocycles. The monoisotopic (exact) mass is 298 g/mol. The lowest BCUT2D eigenvalue weighted by molar-refractivity contribution is -0.143. The molecular weight excluding hydrogens is 285 g/mol. The topological polar surface area (TPSA) is 44.1 Å². The molecule has 2 rings (SSSR count). The molecule has 0 spiro atoms. The molecule has 0 saturated carbocycles. The van der Waals surface area contributed by atoms with Crippen LogP contribution >= 0.6 is 0 Å². The quantitative estimate of drug-likeness (QED) is 0.816. The molecule has 0 amide bonds. The van der Waals surface area contributed by atoms with E-state index in [4.69, 9.17) is 0 Å². The summed E-state index contributed by atoms with van der Waals surface area (Å²) in [6.07, 6.45) is -3.84. The Morgan fingerprint density at radius 2 is 2.10 bits per heavy atom. The van der Waals surface area contributed by atoms with Crippen LogP contribution in [0.3, 0.4) is 0 Å². The van der Waals surface area contributed by atoms with Crippen molar-refractivity contribution in [1.82, 2.24) is 9.78 Å². The van der Waals surface area contributed by atoms with E-state index in [0.29, 0.717) is 4.68 Å². The van der Waals surface area contributed by atoms with Crippen LogP contribution in [0, 0.1) is 6.92 Å². The summed E-state index contributed by atoms with van der Waals surface area (Å²) in [6.45, 7) is 3.27. The van der Waals surface area contributed by atoms with Crippen LogP contribution in [0.2, 0.25) is 0 Å². The first-order valence-corrected chi connectivity index (χ1v) is 6.24. The van der Waals surface area contributed by atoms with Gasteiger partial charge in [-0.1, -0.05) is 12.1 Å². The van der Waals surface area contributed by atoms with Crippen LogP contribution in [-0.2, 0) is 10.9 Å². The van der Waals surface area contributed by atoms with E-state index in [1.54, 1.807) is 25.1 Å². The molecule has 1 aromatic carbocycles. The van der Waals surface area contributed by atoms with Crippen molar-refractivity contribution in [2.75, 3.05) is 6.61 Å². The Morgan fingerprint density at radius 1 is 1.38 bits per heavy atom. The Labute approximate surface area is 119 Å². The van der Waals surface area contributed by atoms with Crippen molar-refractivity contribution in [2.45, 2.75) is 20.0 Å². The molecule has 4 nitrogen and oxygen atoms in total. The van der Waals surface area contributed by atoms with Gasteiger partial charge in [0.2, 0.25) is 0 Å². The van der Waals surface area contributed by atoms with E-state index in [1.807, 2.05) is 0 Å². The molecule has 21 heavy (non-hydrogen) atoms. The van der Waals surface area contributed by atoms with Gasteiger partial charge in [0.1, 0.15) is 5.56 Å². The van der Waals surface area contributed by atoms with Gasteiger partial charge >= 0.3 is 12.1 Å². The lowest BCUT2D eigenvalue weighted by Crippen LogP contribution is -2.18. The first-order valence-electron chi connectivity index (χ1n) is 6.24. The van der Waals surface area contributed by atoms with Gasteiger partial charge in [-0.25, -0.2) is 9.48 Å². The van der Waals surface area contributed by atoms with Gasteiger partial charge in [0.15, 0.2) is 5.69 Å². The number of nitrogens with zero attached hydrogens (tertiary/aromatic N) is 2. The van der Waals surface area contributed by atoms with Crippen LogP contribution in [-0.4, -0.2) is 22.4 Å². The van der Waals surface area contributed by atoms with Crippen molar-refractivity contribution in [3.05, 3.63) is 47.3 Å². The molecule has 2 aromatic rings. The van der Waals surface area contributed by atoms with Crippen LogP contribution in [0.15, 0.2) is 30.5 Å². The van der Waals surface area contributed by atoms with Gasteiger partial charge in [-0.15, -0.1) is 0 Å². The summed E-state index contributed by atoms with van der Waals surface area (Å²) in [5, 5.41) is 3.69. The third-order valence-electron chi connectivity index (χ3n) is 2.78. The van der Waals surface area contributed by atoms with Gasteiger partial charge in [-0.3, -0.25) is 0 Å². The number of halogens is 3. The number of ether oxygens (including phenoxy) is 1. The Hall–Kier alpha value is -2.31. The van der Waals surface area contributed by atoms with E-state index >= 15 is 0 Å². The average molecular weight is 298 g/mol. The Balaban J connectivity index is 2.60. The Bertz CT molecular complexity index is 662. The Morgan fingerprint density at radius 3 is 2.67 bits per heavy atom. The summed E-state index contributed by atoms with van der Waals surface area (Å²) in [5.41, 5.74) is -0.705. The number of aryl methyl sites for hydroxylation is 1. The lowest BCUT2D eigenvalue weighted by Gasteiger charge is -2.12. The maximum atomic E-state index is 13.3. The molecule has 0 radical (unpaired) electrons. The summed E-state index contributed by atoms with van der Waals surface area (Å²) in [5.74, 6) is -1.04. The second kappa shape index (κ2) is 5.59. The second-order valence-corrected chi connectivity index (χ2v) is 4.38. The van der Waals surface area contributed by atoms with Crippen LogP contribution < -0.4 is 0 Å². The molecule has 0 aliphatic carbocycles. The fourth-order valence-corrected chi connectivity index (χ4v) is 1.93. The number of hydrogen-bond acceptors (Lipinski definition) is 3. The number of hydrogen-bond donors (Lipinski definition) is 0. The highest BCUT2D eigenvalue weighted by atomic mass is 19.4. The van der Waals surface area contributed by atoms with Crippen LogP contribution in [0.25, 0.3) is 5.69 Å². The number of carbonyl (C=O) groups excluding carboxylic acids is 1. The molecule has 0 aliphatic heterocycles. The number of carbonyl (C=O) groups is 1. The van der Waals surface area contributed by atoms with Crippen molar-refractivity contribution in [1.29, 1.82) is 0 Å². The summed E-state index contributed by atoms with van der Waals surface area (Å²) in [7, 11) is 0. The summed E-state index contributed by atoms with van der Waals surface area (Å²) < 4.78 is 45.1. The molecule has 0 unspecified atom stereocenters. The second-order valence-electron chi connectivity index (χ2n) is 4.38. The Kier molecular flexibility index (Phi) is 4.02.